The minimum atomic E-state index is -3.65. The van der Waals surface area contributed by atoms with Crippen LogP contribution in [0.15, 0.2) is 28.0 Å². The quantitative estimate of drug-likeness (QED) is 0.343. The van der Waals surface area contributed by atoms with Gasteiger partial charge in [-0.1, -0.05) is 0 Å². The van der Waals surface area contributed by atoms with Crippen molar-refractivity contribution in [3.8, 4) is 0 Å². The molecule has 0 aliphatic rings. The molecule has 0 aromatic heterocycles. The van der Waals surface area contributed by atoms with E-state index in [0.29, 0.717) is 10.6 Å². The third-order valence-electron chi connectivity index (χ3n) is 1.51. The first-order chi connectivity index (χ1) is 5.97. The molecular weight excluding hydrogens is 233 g/mol. The maximum atomic E-state index is 11.2. The van der Waals surface area contributed by atoms with Gasteiger partial charge in [-0.25, -0.2) is 0 Å². The Labute approximate surface area is 111 Å². The smallest absolute Gasteiger partial charge is 0.296 e. The van der Waals surface area contributed by atoms with Crippen molar-refractivity contribution < 1.29 is 12.6 Å². The molecule has 0 bridgehead atoms. The number of benzene rings is 1. The molecule has 73 valence electrons. The first-order valence-corrected chi connectivity index (χ1v) is 5.22. The van der Waals surface area contributed by atoms with Gasteiger partial charge in [-0.3, -0.25) is 4.18 Å². The van der Waals surface area contributed by atoms with Crippen LogP contribution in [0.2, 0.25) is 0 Å². The Morgan fingerprint density at radius 2 is 2.00 bits per heavy atom. The molecule has 4 nitrogen and oxygen atoms in total. The van der Waals surface area contributed by atoms with Crippen LogP contribution in [-0.2, 0) is 14.3 Å². The summed E-state index contributed by atoms with van der Waals surface area (Å²) < 4.78 is 26.6. The van der Waals surface area contributed by atoms with E-state index in [4.69, 9.17) is 5.73 Å². The fourth-order valence-electron chi connectivity index (χ4n) is 0.784. The summed E-state index contributed by atoms with van der Waals surface area (Å²) in [6, 6.07) is 4.20. The van der Waals surface area contributed by atoms with E-state index in [0.717, 1.165) is 7.11 Å². The van der Waals surface area contributed by atoms with Crippen molar-refractivity contribution >= 4 is 58.0 Å². The molecule has 0 saturated heterocycles. The third kappa shape index (κ3) is 3.15. The van der Waals surface area contributed by atoms with Crippen LogP contribution in [0.25, 0.3) is 0 Å². The van der Waals surface area contributed by atoms with Gasteiger partial charge >= 0.3 is 0 Å². The second-order valence-electron chi connectivity index (χ2n) is 2.34. The summed E-state index contributed by atoms with van der Waals surface area (Å²) in [5.74, 6) is 0. The van der Waals surface area contributed by atoms with E-state index in [9.17, 15) is 8.42 Å². The van der Waals surface area contributed by atoms with E-state index in [2.05, 4.69) is 16.8 Å². The van der Waals surface area contributed by atoms with Gasteiger partial charge in [-0.05, 0) is 18.2 Å². The van der Waals surface area contributed by atoms with Crippen molar-refractivity contribution in [1.29, 1.82) is 0 Å². The fraction of sp³-hybridized carbons (Fsp3) is 0.143. The molecule has 0 aliphatic carbocycles. The van der Waals surface area contributed by atoms with E-state index in [1.54, 1.807) is 0 Å². The van der Waals surface area contributed by atoms with Gasteiger partial charge in [0.05, 0.1) is 12.0 Å². The fourth-order valence-corrected chi connectivity index (χ4v) is 1.62. The molecule has 0 aliphatic heterocycles. The Kier molecular flexibility index (Phi) is 5.50. The summed E-state index contributed by atoms with van der Waals surface area (Å²) in [6.07, 6.45) is 0. The second-order valence-corrected chi connectivity index (χ2v) is 4.54. The molecule has 0 unspecified atom stereocenters. The van der Waals surface area contributed by atoms with Gasteiger partial charge in [-0.2, -0.15) is 8.42 Å². The summed E-state index contributed by atoms with van der Waals surface area (Å²) in [7, 11) is -2.55. The number of hydrogen-bond donors (Lipinski definition) is 2. The molecule has 0 saturated carbocycles. The van der Waals surface area contributed by atoms with Crippen molar-refractivity contribution in [2.24, 2.45) is 0 Å². The number of nitrogen functional groups attached to an aromatic ring is 1. The maximum absolute atomic E-state index is 11.2. The van der Waals surface area contributed by atoms with Crippen LogP contribution in [0.1, 0.15) is 0 Å². The van der Waals surface area contributed by atoms with Crippen molar-refractivity contribution in [2.75, 3.05) is 12.8 Å². The zero-order valence-electron chi connectivity index (χ0n) is 7.89. The molecule has 0 atom stereocenters. The maximum Gasteiger partial charge on any atom is 0.296 e. The van der Waals surface area contributed by atoms with Crippen molar-refractivity contribution in [3.63, 3.8) is 0 Å². The Morgan fingerprint density at radius 1 is 1.43 bits per heavy atom. The molecule has 0 amide bonds. The van der Waals surface area contributed by atoms with Crippen LogP contribution in [0, 0.1) is 0 Å². The average molecular weight is 242 g/mol. The third-order valence-corrected chi connectivity index (χ3v) is 3.18. The van der Waals surface area contributed by atoms with E-state index >= 15 is 0 Å². The normalized spacial score (nSPS) is 10.7. The molecule has 0 heterocycles. The predicted octanol–water partition coefficient (Wildman–Crippen LogP) is 0.512. The predicted molar refractivity (Wildman–Crippen MR) is 58.1 cm³/mol. The van der Waals surface area contributed by atoms with Crippen LogP contribution < -0.4 is 5.73 Å². The van der Waals surface area contributed by atoms with Crippen LogP contribution in [0.4, 0.5) is 5.69 Å². The Balaban J connectivity index is 0.00000169. The molecule has 0 spiro atoms. The van der Waals surface area contributed by atoms with Gasteiger partial charge < -0.3 is 5.73 Å². The van der Waals surface area contributed by atoms with E-state index in [1.165, 1.54) is 18.2 Å². The van der Waals surface area contributed by atoms with Crippen LogP contribution in [0.3, 0.4) is 0 Å². The van der Waals surface area contributed by atoms with Gasteiger partial charge in [0.1, 0.15) is 0 Å². The minimum absolute atomic E-state index is 0. The second kappa shape index (κ2) is 5.39. The number of hydrogen-bond acceptors (Lipinski definition) is 5. The Bertz CT molecular complexity index is 419. The van der Waals surface area contributed by atoms with E-state index < -0.39 is 10.1 Å². The van der Waals surface area contributed by atoms with Crippen LogP contribution in [-0.4, -0.2) is 45.1 Å². The van der Waals surface area contributed by atoms with Gasteiger partial charge in [0, 0.05) is 40.1 Å². The van der Waals surface area contributed by atoms with Crippen molar-refractivity contribution in [1.82, 2.24) is 0 Å². The van der Waals surface area contributed by atoms with Gasteiger partial charge in [0.25, 0.3) is 10.1 Å². The van der Waals surface area contributed by atoms with E-state index in [1.807, 2.05) is 0 Å². The molecule has 14 heavy (non-hydrogen) atoms. The molecular formula is C7H9NNaO3S2. The van der Waals surface area contributed by atoms with Crippen LogP contribution in [0.5, 0.6) is 0 Å². The molecule has 1 aromatic carbocycles. The Hall–Kier alpha value is 0.280. The van der Waals surface area contributed by atoms with Crippen LogP contribution >= 0.6 is 12.6 Å². The monoisotopic (exact) mass is 242 g/mol. The van der Waals surface area contributed by atoms with Gasteiger partial charge in [0.2, 0.25) is 0 Å². The number of rotatable bonds is 2. The topological polar surface area (TPSA) is 69.4 Å². The number of anilines is 1. The first-order valence-electron chi connectivity index (χ1n) is 3.36. The molecule has 1 radical (unpaired) electrons. The SMILES string of the molecule is COS(=O)(=O)c1ccc(S)c(N)c1.[Na]. The number of thiol groups is 1. The molecule has 7 heteroatoms. The number of nitrogens with two attached hydrogens (primary N) is 1. The standard InChI is InChI=1S/C7H9NO3S2.Na/c1-11-13(9,10)5-2-3-7(12)6(8)4-5;/h2-4,12H,8H2,1H3;. The molecule has 1 aromatic rings. The zero-order chi connectivity index (χ0) is 10.1. The average Bonchev–Trinajstić information content (AvgIpc) is 2.09. The zero-order valence-corrected chi connectivity index (χ0v) is 11.6. The first kappa shape index (κ1) is 14.3. The summed E-state index contributed by atoms with van der Waals surface area (Å²) in [4.78, 5) is 0.570. The van der Waals surface area contributed by atoms with Crippen molar-refractivity contribution in [2.45, 2.75) is 9.79 Å². The van der Waals surface area contributed by atoms with Crippen molar-refractivity contribution in [3.05, 3.63) is 18.2 Å². The summed E-state index contributed by atoms with van der Waals surface area (Å²) in [5, 5.41) is 0. The summed E-state index contributed by atoms with van der Waals surface area (Å²) in [6.45, 7) is 0. The largest absolute Gasteiger partial charge is 0.398 e. The van der Waals surface area contributed by atoms with Gasteiger partial charge in [-0.15, -0.1) is 12.6 Å². The molecule has 1 rings (SSSR count). The van der Waals surface area contributed by atoms with Gasteiger partial charge in [0.15, 0.2) is 0 Å². The Morgan fingerprint density at radius 3 is 2.43 bits per heavy atom. The minimum Gasteiger partial charge on any atom is -0.398 e. The summed E-state index contributed by atoms with van der Waals surface area (Å²) >= 11 is 4.01. The summed E-state index contributed by atoms with van der Waals surface area (Å²) in [5.41, 5.74) is 5.78. The molecule has 0 fully saturated rings. The molecule has 2 N–H and O–H groups in total. The van der Waals surface area contributed by atoms with E-state index in [-0.39, 0.29) is 34.5 Å².